The van der Waals surface area contributed by atoms with Crippen LogP contribution in [0.5, 0.6) is 0 Å². The molecule has 0 bridgehead atoms. The van der Waals surface area contributed by atoms with E-state index in [0.717, 1.165) is 5.69 Å². The number of aromatic amines is 1. The van der Waals surface area contributed by atoms with Gasteiger partial charge in [-0.3, -0.25) is 5.10 Å². The number of aromatic nitrogens is 2. The van der Waals surface area contributed by atoms with Crippen LogP contribution in [0.15, 0.2) is 82.2 Å². The molecule has 0 aromatic carbocycles. The normalized spacial score (nSPS) is 8.53. The third-order valence-electron chi connectivity index (χ3n) is 1.91. The zero-order valence-corrected chi connectivity index (χ0v) is 22.6. The molecule has 0 saturated carbocycles. The number of hydrogen-bond donors (Lipinski definition) is 1. The highest BCUT2D eigenvalue weighted by Gasteiger charge is 1.94. The lowest BCUT2D eigenvalue weighted by atomic mass is 10.5. The van der Waals surface area contributed by atoms with E-state index in [1.165, 1.54) is 7.11 Å². The number of azo groups is 2. The molecule has 0 aliphatic heterocycles. The van der Waals surface area contributed by atoms with Crippen molar-refractivity contribution in [3.05, 3.63) is 67.4 Å². The second kappa shape index (κ2) is 32.6. The van der Waals surface area contributed by atoms with Gasteiger partial charge in [0.1, 0.15) is 0 Å². The summed E-state index contributed by atoms with van der Waals surface area (Å²) in [7, 11) is 1.49. The van der Waals surface area contributed by atoms with E-state index in [1.807, 2.05) is 68.4 Å². The van der Waals surface area contributed by atoms with Crippen LogP contribution in [0.2, 0.25) is 0 Å². The number of methoxy groups -OCH3 is 1. The average Bonchev–Trinajstić information content (AvgIpc) is 3.26. The number of hydrogen-bond acceptors (Lipinski definition) is 7. The van der Waals surface area contributed by atoms with Gasteiger partial charge in [0.2, 0.25) is 11.8 Å². The van der Waals surface area contributed by atoms with Crippen molar-refractivity contribution in [3.63, 3.8) is 0 Å². The van der Waals surface area contributed by atoms with E-state index >= 15 is 0 Å². The van der Waals surface area contributed by atoms with Crippen LogP contribution < -0.4 is 0 Å². The molecular weight excluding hydrogens is 404 g/mol. The average molecular weight is 453 g/mol. The fourth-order valence-corrected chi connectivity index (χ4v) is 0.944. The van der Waals surface area contributed by atoms with Gasteiger partial charge in [0.15, 0.2) is 0 Å². The topological polar surface area (TPSA) is 96.6 Å². The summed E-state index contributed by atoms with van der Waals surface area (Å²) >= 11 is 0. The van der Waals surface area contributed by atoms with Crippen molar-refractivity contribution in [3.8, 4) is 0 Å². The first-order chi connectivity index (χ1) is 15.1. The Morgan fingerprint density at radius 1 is 0.844 bits per heavy atom. The van der Waals surface area contributed by atoms with Crippen molar-refractivity contribution in [1.82, 2.24) is 10.2 Å². The minimum absolute atomic E-state index is 0.0894. The van der Waals surface area contributed by atoms with Crippen molar-refractivity contribution in [1.29, 1.82) is 0 Å². The summed E-state index contributed by atoms with van der Waals surface area (Å²) in [5, 5.41) is 21.0. The van der Waals surface area contributed by atoms with Gasteiger partial charge in [0.05, 0.1) is 24.6 Å². The lowest BCUT2D eigenvalue weighted by Crippen LogP contribution is -1.99. The number of H-pyrrole nitrogens is 1. The minimum atomic E-state index is 0.0894. The van der Waals surface area contributed by atoms with Crippen LogP contribution >= 0.6 is 0 Å². The van der Waals surface area contributed by atoms with Gasteiger partial charge < -0.3 is 9.47 Å². The van der Waals surface area contributed by atoms with E-state index in [1.54, 1.807) is 20.0 Å². The monoisotopic (exact) mass is 452 g/mol. The Morgan fingerprint density at radius 2 is 1.25 bits per heavy atom. The van der Waals surface area contributed by atoms with E-state index in [-0.39, 0.29) is 12.0 Å². The summed E-state index contributed by atoms with van der Waals surface area (Å²) < 4.78 is 9.71. The summed E-state index contributed by atoms with van der Waals surface area (Å²) in [6.45, 7) is 35.3. The third kappa shape index (κ3) is 45.6. The molecule has 0 saturated heterocycles. The summed E-state index contributed by atoms with van der Waals surface area (Å²) in [5.41, 5.74) is 2.38. The Labute approximate surface area is 197 Å². The maximum Gasteiger partial charge on any atom is 0.226 e. The molecule has 0 unspecified atom stereocenters. The van der Waals surface area contributed by atoms with Crippen LogP contribution in [0.25, 0.3) is 0 Å². The van der Waals surface area contributed by atoms with E-state index in [4.69, 9.17) is 4.74 Å². The first-order valence-corrected chi connectivity index (χ1v) is 10.8. The van der Waals surface area contributed by atoms with Crippen molar-refractivity contribution in [2.24, 2.45) is 20.5 Å². The SMILES string of the molecule is C=C(C)N=NC(=C)OC.C=C(C)N=NC(=C)OC(C)C.CC.CC.CC.Cc1ccn[nH]1. The van der Waals surface area contributed by atoms with Crippen LogP contribution in [0.1, 0.15) is 74.9 Å². The van der Waals surface area contributed by atoms with Gasteiger partial charge in [-0.1, -0.05) is 54.7 Å². The molecule has 0 aliphatic carbocycles. The highest BCUT2D eigenvalue weighted by Crippen LogP contribution is 2.03. The van der Waals surface area contributed by atoms with E-state index in [9.17, 15) is 0 Å². The molecule has 0 amide bonds. The number of allylic oxidation sites excluding steroid dienone is 2. The molecule has 1 rings (SSSR count). The highest BCUT2D eigenvalue weighted by molar-refractivity contribution is 4.92. The first-order valence-electron chi connectivity index (χ1n) is 10.8. The van der Waals surface area contributed by atoms with E-state index in [2.05, 4.69) is 61.7 Å². The molecule has 186 valence electrons. The summed E-state index contributed by atoms with van der Waals surface area (Å²) in [5.74, 6) is 0.612. The largest absolute Gasteiger partial charge is 0.480 e. The van der Waals surface area contributed by atoms with Gasteiger partial charge in [-0.2, -0.15) is 15.3 Å². The molecule has 1 heterocycles. The molecular formula is C24H48N6O2. The second-order valence-electron chi connectivity index (χ2n) is 5.27. The quantitative estimate of drug-likeness (QED) is 0.330. The summed E-state index contributed by atoms with van der Waals surface area (Å²) in [4.78, 5) is 0. The van der Waals surface area contributed by atoms with Crippen LogP contribution in [-0.2, 0) is 9.47 Å². The molecule has 1 aromatic heterocycles. The standard InChI is InChI=1S/C8H14N2O.C6H10N2O.C4H6N2.3C2H6/c1-6(2)9-10-8(5)11-7(3)4;1-5(2)7-8-6(3)9-4;1-4-2-3-5-6-4;3*1-2/h7H,1,5H2,2-4H3;1,3H2,2,4H3;2-3H,1H3,(H,5,6);3*1-2H3. The Bertz CT molecular complexity index is 618. The molecule has 0 fully saturated rings. The van der Waals surface area contributed by atoms with Gasteiger partial charge in [0, 0.05) is 11.9 Å². The van der Waals surface area contributed by atoms with Crippen LogP contribution in [0.4, 0.5) is 0 Å². The fourth-order valence-electron chi connectivity index (χ4n) is 0.944. The Kier molecular flexibility index (Phi) is 40.2. The molecule has 0 aliphatic rings. The Morgan fingerprint density at radius 3 is 1.47 bits per heavy atom. The molecule has 1 N–H and O–H groups in total. The first kappa shape index (κ1) is 39.4. The predicted molar refractivity (Wildman–Crippen MR) is 138 cm³/mol. The number of nitrogens with one attached hydrogen (secondary N) is 1. The minimum Gasteiger partial charge on any atom is -0.480 e. The van der Waals surface area contributed by atoms with Gasteiger partial charge >= 0.3 is 0 Å². The number of rotatable bonds is 7. The van der Waals surface area contributed by atoms with Gasteiger partial charge in [-0.15, -0.1) is 10.2 Å². The predicted octanol–water partition coefficient (Wildman–Crippen LogP) is 8.75. The third-order valence-corrected chi connectivity index (χ3v) is 1.91. The van der Waals surface area contributed by atoms with Crippen molar-refractivity contribution in [2.45, 2.75) is 82.3 Å². The van der Waals surface area contributed by atoms with Crippen LogP contribution in [0.3, 0.4) is 0 Å². The highest BCUT2D eigenvalue weighted by atomic mass is 16.5. The fraction of sp³-hybridized carbons (Fsp3) is 0.542. The van der Waals surface area contributed by atoms with Gasteiger partial charge in [-0.25, -0.2) is 0 Å². The van der Waals surface area contributed by atoms with E-state index in [0.29, 0.717) is 17.3 Å². The maximum atomic E-state index is 5.10. The Hall–Kier alpha value is -3.03. The lowest BCUT2D eigenvalue weighted by Gasteiger charge is -2.06. The van der Waals surface area contributed by atoms with Gasteiger partial charge in [0.25, 0.3) is 0 Å². The molecule has 8 heteroatoms. The molecule has 32 heavy (non-hydrogen) atoms. The summed E-state index contributed by atoms with van der Waals surface area (Å²) in [6, 6.07) is 1.92. The number of ether oxygens (including phenoxy) is 2. The maximum absolute atomic E-state index is 5.10. The number of aryl methyl sites for hydroxylation is 1. The second-order valence-corrected chi connectivity index (χ2v) is 5.27. The van der Waals surface area contributed by atoms with Crippen molar-refractivity contribution < 1.29 is 9.47 Å². The molecule has 1 aromatic rings. The van der Waals surface area contributed by atoms with E-state index < -0.39 is 0 Å². The molecule has 0 radical (unpaired) electrons. The van der Waals surface area contributed by atoms with Crippen LogP contribution in [-0.4, -0.2) is 23.4 Å². The van der Waals surface area contributed by atoms with Crippen LogP contribution in [0, 0.1) is 6.92 Å². The van der Waals surface area contributed by atoms with Crippen molar-refractivity contribution in [2.75, 3.05) is 7.11 Å². The molecule has 0 atom stereocenters. The zero-order chi connectivity index (χ0) is 26.5. The lowest BCUT2D eigenvalue weighted by molar-refractivity contribution is 0.145. The molecule has 0 spiro atoms. The van der Waals surface area contributed by atoms with Crippen molar-refractivity contribution >= 4 is 0 Å². The smallest absolute Gasteiger partial charge is 0.226 e. The van der Waals surface area contributed by atoms with Gasteiger partial charge in [-0.05, 0) is 53.8 Å². The Balaban J connectivity index is -0.000000104. The zero-order valence-electron chi connectivity index (χ0n) is 22.6. The number of nitrogens with zero attached hydrogens (tertiary/aromatic N) is 5. The summed E-state index contributed by atoms with van der Waals surface area (Å²) in [6.07, 6.45) is 1.82. The molecule has 8 nitrogen and oxygen atoms in total.